The largest absolute Gasteiger partial charge is 0.354 e. The van der Waals surface area contributed by atoms with Crippen molar-refractivity contribution in [2.24, 2.45) is 5.92 Å². The lowest BCUT2D eigenvalue weighted by atomic mass is 10.1. The molecule has 0 aliphatic carbocycles. The molecule has 1 aromatic rings. The first-order valence-corrected chi connectivity index (χ1v) is 7.29. The van der Waals surface area contributed by atoms with E-state index in [-0.39, 0.29) is 11.7 Å². The molecule has 0 aromatic carbocycles. The van der Waals surface area contributed by atoms with Gasteiger partial charge < -0.3 is 10.2 Å². The molecule has 0 saturated heterocycles. The number of nitro groups is 1. The Morgan fingerprint density at radius 1 is 1.33 bits per heavy atom. The first kappa shape index (κ1) is 17.1. The van der Waals surface area contributed by atoms with Gasteiger partial charge in [0.05, 0.1) is 4.92 Å². The second-order valence-electron chi connectivity index (χ2n) is 5.58. The van der Waals surface area contributed by atoms with Gasteiger partial charge in [0, 0.05) is 19.6 Å². The summed E-state index contributed by atoms with van der Waals surface area (Å²) in [5.74, 6) is 1.17. The van der Waals surface area contributed by atoms with Gasteiger partial charge in [-0.25, -0.2) is 4.98 Å². The Morgan fingerprint density at radius 3 is 2.43 bits per heavy atom. The van der Waals surface area contributed by atoms with E-state index in [9.17, 15) is 10.1 Å². The Hall–Kier alpha value is -1.92. The van der Waals surface area contributed by atoms with Crippen LogP contribution < -0.4 is 10.2 Å². The first-order valence-electron chi connectivity index (χ1n) is 7.29. The summed E-state index contributed by atoms with van der Waals surface area (Å²) in [6, 6.07) is 0.136. The van der Waals surface area contributed by atoms with Crippen LogP contribution in [0.3, 0.4) is 0 Å². The number of rotatable bonds is 7. The van der Waals surface area contributed by atoms with E-state index in [1.54, 1.807) is 6.92 Å². The highest BCUT2D eigenvalue weighted by Gasteiger charge is 2.27. The van der Waals surface area contributed by atoms with E-state index in [1.807, 2.05) is 25.8 Å². The first-order chi connectivity index (χ1) is 9.79. The summed E-state index contributed by atoms with van der Waals surface area (Å²) in [4.78, 5) is 21.3. The Morgan fingerprint density at radius 2 is 1.95 bits per heavy atom. The molecule has 1 atom stereocenters. The zero-order valence-corrected chi connectivity index (χ0v) is 13.7. The van der Waals surface area contributed by atoms with Crippen molar-refractivity contribution in [3.63, 3.8) is 0 Å². The molecule has 21 heavy (non-hydrogen) atoms. The zero-order valence-electron chi connectivity index (χ0n) is 13.7. The average Bonchev–Trinajstić information content (AvgIpc) is 2.42. The maximum absolute atomic E-state index is 11.3. The Labute approximate surface area is 125 Å². The minimum atomic E-state index is -0.405. The van der Waals surface area contributed by atoms with Gasteiger partial charge in [0.25, 0.3) is 0 Å². The molecule has 0 spiro atoms. The molecule has 1 rings (SSSR count). The third-order valence-corrected chi connectivity index (χ3v) is 3.67. The van der Waals surface area contributed by atoms with Crippen LogP contribution >= 0.6 is 0 Å². The lowest BCUT2D eigenvalue weighted by molar-refractivity contribution is -0.385. The lowest BCUT2D eigenvalue weighted by Gasteiger charge is -2.29. The highest BCUT2D eigenvalue weighted by molar-refractivity contribution is 5.62. The van der Waals surface area contributed by atoms with Crippen molar-refractivity contribution in [3.8, 4) is 0 Å². The molecule has 1 heterocycles. The molecular weight excluding hydrogens is 270 g/mol. The highest BCUT2D eigenvalue weighted by Crippen LogP contribution is 2.31. The Balaban J connectivity index is 3.30. The Kier molecular flexibility index (Phi) is 5.87. The molecule has 7 nitrogen and oxygen atoms in total. The van der Waals surface area contributed by atoms with Gasteiger partial charge in [0.15, 0.2) is 0 Å². The fourth-order valence-electron chi connectivity index (χ4n) is 1.97. The molecule has 7 heteroatoms. The maximum Gasteiger partial charge on any atom is 0.332 e. The molecule has 0 amide bonds. The van der Waals surface area contributed by atoms with Crippen LogP contribution in [0.2, 0.25) is 0 Å². The predicted octanol–water partition coefficient (Wildman–Crippen LogP) is 3.00. The number of aryl methyl sites for hydroxylation is 1. The topological polar surface area (TPSA) is 84.2 Å². The third-order valence-electron chi connectivity index (χ3n) is 3.67. The van der Waals surface area contributed by atoms with Crippen LogP contribution in [0.5, 0.6) is 0 Å². The highest BCUT2D eigenvalue weighted by atomic mass is 16.6. The van der Waals surface area contributed by atoms with Crippen LogP contribution in [0, 0.1) is 23.0 Å². The van der Waals surface area contributed by atoms with E-state index in [0.717, 1.165) is 13.0 Å². The summed E-state index contributed by atoms with van der Waals surface area (Å²) < 4.78 is 0. The molecule has 1 N–H and O–H groups in total. The molecular formula is C14H25N5O2. The molecule has 0 fully saturated rings. The number of nitrogens with zero attached hydrogens (tertiary/aromatic N) is 4. The second-order valence-corrected chi connectivity index (χ2v) is 5.58. The van der Waals surface area contributed by atoms with Crippen molar-refractivity contribution in [2.45, 2.75) is 47.1 Å². The van der Waals surface area contributed by atoms with Gasteiger partial charge in [-0.2, -0.15) is 4.98 Å². The van der Waals surface area contributed by atoms with Gasteiger partial charge in [0.2, 0.25) is 11.8 Å². The van der Waals surface area contributed by atoms with E-state index in [2.05, 4.69) is 29.1 Å². The summed E-state index contributed by atoms with van der Waals surface area (Å²) in [5.41, 5.74) is 0.360. The fraction of sp³-hybridized carbons (Fsp3) is 0.714. The number of hydrogen-bond acceptors (Lipinski definition) is 6. The van der Waals surface area contributed by atoms with Gasteiger partial charge in [-0.15, -0.1) is 0 Å². The summed E-state index contributed by atoms with van der Waals surface area (Å²) in [6.45, 7) is 10.6. The maximum atomic E-state index is 11.3. The van der Waals surface area contributed by atoms with Crippen molar-refractivity contribution in [1.29, 1.82) is 0 Å². The third kappa shape index (κ3) is 4.03. The Bertz CT molecular complexity index is 504. The predicted molar refractivity (Wildman–Crippen MR) is 84.9 cm³/mol. The van der Waals surface area contributed by atoms with Crippen molar-refractivity contribution in [2.75, 3.05) is 23.8 Å². The smallest absolute Gasteiger partial charge is 0.332 e. The van der Waals surface area contributed by atoms with Crippen molar-refractivity contribution < 1.29 is 4.92 Å². The normalized spacial score (nSPS) is 12.3. The zero-order chi connectivity index (χ0) is 16.2. The SMILES string of the molecule is CCCNc1nc(C)c([N+](=O)[O-])c(N(C)C(C)C(C)C)n1. The molecule has 0 radical (unpaired) electrons. The number of hydrogen-bond donors (Lipinski definition) is 1. The number of anilines is 2. The molecule has 0 saturated carbocycles. The molecule has 1 aromatic heterocycles. The molecule has 0 bridgehead atoms. The minimum Gasteiger partial charge on any atom is -0.354 e. The quantitative estimate of drug-likeness (QED) is 0.615. The van der Waals surface area contributed by atoms with E-state index in [4.69, 9.17) is 0 Å². The summed E-state index contributed by atoms with van der Waals surface area (Å²) in [5, 5.41) is 14.4. The average molecular weight is 295 g/mol. The van der Waals surface area contributed by atoms with Crippen molar-refractivity contribution in [3.05, 3.63) is 15.8 Å². The number of aromatic nitrogens is 2. The monoisotopic (exact) mass is 295 g/mol. The van der Waals surface area contributed by atoms with Gasteiger partial charge in [-0.3, -0.25) is 10.1 Å². The van der Waals surface area contributed by atoms with Gasteiger partial charge >= 0.3 is 5.69 Å². The van der Waals surface area contributed by atoms with E-state index < -0.39 is 4.92 Å². The molecule has 0 aliphatic heterocycles. The lowest BCUT2D eigenvalue weighted by Crippen LogP contribution is -2.34. The fourth-order valence-corrected chi connectivity index (χ4v) is 1.97. The van der Waals surface area contributed by atoms with E-state index >= 15 is 0 Å². The van der Waals surface area contributed by atoms with Gasteiger partial charge in [0.1, 0.15) is 5.69 Å². The molecule has 1 unspecified atom stereocenters. The van der Waals surface area contributed by atoms with Crippen LogP contribution in [0.4, 0.5) is 17.5 Å². The van der Waals surface area contributed by atoms with E-state index in [0.29, 0.717) is 23.4 Å². The van der Waals surface area contributed by atoms with Crippen LogP contribution in [-0.2, 0) is 0 Å². The van der Waals surface area contributed by atoms with Crippen LogP contribution in [0.15, 0.2) is 0 Å². The summed E-state index contributed by atoms with van der Waals surface area (Å²) in [7, 11) is 1.84. The van der Waals surface area contributed by atoms with E-state index in [1.165, 1.54) is 0 Å². The summed E-state index contributed by atoms with van der Waals surface area (Å²) in [6.07, 6.45) is 0.937. The van der Waals surface area contributed by atoms with Crippen LogP contribution in [-0.4, -0.2) is 34.5 Å². The number of nitrogens with one attached hydrogen (secondary N) is 1. The van der Waals surface area contributed by atoms with Crippen LogP contribution in [0.1, 0.15) is 39.8 Å². The molecule has 0 aliphatic rings. The van der Waals surface area contributed by atoms with Crippen molar-refractivity contribution >= 4 is 17.5 Å². The second kappa shape index (κ2) is 7.19. The van der Waals surface area contributed by atoms with Gasteiger partial charge in [-0.1, -0.05) is 20.8 Å². The van der Waals surface area contributed by atoms with Crippen molar-refractivity contribution in [1.82, 2.24) is 9.97 Å². The minimum absolute atomic E-state index is 0.0213. The summed E-state index contributed by atoms with van der Waals surface area (Å²) >= 11 is 0. The molecule has 118 valence electrons. The van der Waals surface area contributed by atoms with Gasteiger partial charge in [-0.05, 0) is 26.2 Å². The standard InChI is InChI=1S/C14H25N5O2/c1-7-8-15-14-16-10(4)12(19(20)21)13(17-14)18(6)11(5)9(2)3/h9,11H,7-8H2,1-6H3,(H,15,16,17). The van der Waals surface area contributed by atoms with Crippen LogP contribution in [0.25, 0.3) is 0 Å².